The first-order chi connectivity index (χ1) is 19.5. The first kappa shape index (κ1) is 31.5. The summed E-state index contributed by atoms with van der Waals surface area (Å²) in [6.45, 7) is 7.47. The molecule has 0 aromatic heterocycles. The van der Waals surface area contributed by atoms with Crippen molar-refractivity contribution in [2.45, 2.75) is 51.6 Å². The van der Waals surface area contributed by atoms with E-state index in [1.807, 2.05) is 52.0 Å². The molecule has 0 fully saturated rings. The fourth-order valence-electron chi connectivity index (χ4n) is 4.45. The number of ether oxygens (including phenoxy) is 2. The third-order valence-electron chi connectivity index (χ3n) is 6.75. The van der Waals surface area contributed by atoms with Crippen LogP contribution in [0, 0.1) is 13.8 Å². The molecule has 1 atom stereocenters. The Kier molecular flexibility index (Phi) is 10.8. The Bertz CT molecular complexity index is 1440. The lowest BCUT2D eigenvalue weighted by molar-refractivity contribution is -0.140. The average Bonchev–Trinajstić information content (AvgIpc) is 2.96. The molecule has 220 valence electrons. The molecule has 3 rings (SSSR count). The molecule has 3 aromatic carbocycles. The molecule has 0 spiro atoms. The number of methoxy groups -OCH3 is 2. The normalized spacial score (nSPS) is 11.9. The second-order valence-corrected chi connectivity index (χ2v) is 11.6. The van der Waals surface area contributed by atoms with E-state index in [2.05, 4.69) is 5.32 Å². The SMILES string of the molecule is CCNC(=O)[C@H](CC)N(Cc1ccc(C)cc1)C(=O)CN(c1ccc(OC)c(OC)c1)S(=O)(=O)c1ccc(C)cc1. The predicted molar refractivity (Wildman–Crippen MR) is 160 cm³/mol. The molecule has 0 aliphatic carbocycles. The van der Waals surface area contributed by atoms with Gasteiger partial charge in [-0.1, -0.05) is 54.4 Å². The molecule has 41 heavy (non-hydrogen) atoms. The Morgan fingerprint density at radius 2 is 1.44 bits per heavy atom. The van der Waals surface area contributed by atoms with Crippen LogP contribution in [0.25, 0.3) is 0 Å². The summed E-state index contributed by atoms with van der Waals surface area (Å²) in [6, 6.07) is 18.0. The number of carbonyl (C=O) groups is 2. The summed E-state index contributed by atoms with van der Waals surface area (Å²) < 4.78 is 39.9. The Hall–Kier alpha value is -4.05. The quantitative estimate of drug-likeness (QED) is 0.320. The summed E-state index contributed by atoms with van der Waals surface area (Å²) in [6.07, 6.45) is 0.352. The predicted octanol–water partition coefficient (Wildman–Crippen LogP) is 4.46. The van der Waals surface area contributed by atoms with Crippen LogP contribution in [-0.4, -0.2) is 58.5 Å². The van der Waals surface area contributed by atoms with Gasteiger partial charge in [-0.3, -0.25) is 13.9 Å². The molecule has 3 aromatic rings. The van der Waals surface area contributed by atoms with E-state index < -0.39 is 28.5 Å². The van der Waals surface area contributed by atoms with Crippen LogP contribution in [0.5, 0.6) is 11.5 Å². The van der Waals surface area contributed by atoms with E-state index in [1.165, 1.54) is 37.3 Å². The number of rotatable bonds is 13. The second-order valence-electron chi connectivity index (χ2n) is 9.69. The van der Waals surface area contributed by atoms with Gasteiger partial charge < -0.3 is 19.7 Å². The molecule has 10 heteroatoms. The number of benzene rings is 3. The van der Waals surface area contributed by atoms with Gasteiger partial charge in [0.1, 0.15) is 12.6 Å². The maximum absolute atomic E-state index is 14.1. The van der Waals surface area contributed by atoms with Crippen molar-refractivity contribution in [3.8, 4) is 11.5 Å². The van der Waals surface area contributed by atoms with Gasteiger partial charge in [-0.05, 0) is 57.0 Å². The van der Waals surface area contributed by atoms with Gasteiger partial charge in [0, 0.05) is 19.2 Å². The highest BCUT2D eigenvalue weighted by atomic mass is 32.2. The number of likely N-dealkylation sites (N-methyl/N-ethyl adjacent to an activating group) is 1. The van der Waals surface area contributed by atoms with E-state index in [-0.39, 0.29) is 23.0 Å². The van der Waals surface area contributed by atoms with Crippen LogP contribution in [0.15, 0.2) is 71.6 Å². The van der Waals surface area contributed by atoms with Crippen molar-refractivity contribution in [1.82, 2.24) is 10.2 Å². The molecule has 0 unspecified atom stereocenters. The number of nitrogens with one attached hydrogen (secondary N) is 1. The minimum atomic E-state index is -4.20. The Morgan fingerprint density at radius 3 is 1.98 bits per heavy atom. The summed E-state index contributed by atoms with van der Waals surface area (Å²) in [4.78, 5) is 28.6. The van der Waals surface area contributed by atoms with E-state index in [0.717, 1.165) is 21.0 Å². The summed E-state index contributed by atoms with van der Waals surface area (Å²) >= 11 is 0. The fourth-order valence-corrected chi connectivity index (χ4v) is 5.85. The largest absolute Gasteiger partial charge is 0.493 e. The van der Waals surface area contributed by atoms with Crippen molar-refractivity contribution < 1.29 is 27.5 Å². The zero-order valence-electron chi connectivity index (χ0n) is 24.5. The molecule has 0 heterocycles. The van der Waals surface area contributed by atoms with Crippen LogP contribution in [0.4, 0.5) is 5.69 Å². The van der Waals surface area contributed by atoms with Gasteiger partial charge in [0.15, 0.2) is 11.5 Å². The van der Waals surface area contributed by atoms with Gasteiger partial charge in [-0.15, -0.1) is 0 Å². The summed E-state index contributed by atoms with van der Waals surface area (Å²) in [7, 11) is -1.26. The van der Waals surface area contributed by atoms with Crippen LogP contribution in [-0.2, 0) is 26.2 Å². The number of hydrogen-bond donors (Lipinski definition) is 1. The van der Waals surface area contributed by atoms with E-state index in [0.29, 0.717) is 24.5 Å². The standard InChI is InChI=1S/C31H39N3O6S/c1-7-27(31(36)32-8-2)33(20-24-13-9-22(3)10-14-24)30(35)21-34(25-15-18-28(39-5)29(19-25)40-6)41(37,38)26-16-11-23(4)12-17-26/h9-19,27H,7-8,20-21H2,1-6H3,(H,32,36)/t27-/m0/s1. The Labute approximate surface area is 243 Å². The fraction of sp³-hybridized carbons (Fsp3) is 0.355. The van der Waals surface area contributed by atoms with Gasteiger partial charge >= 0.3 is 0 Å². The zero-order chi connectivity index (χ0) is 30.2. The molecule has 1 N–H and O–H groups in total. The van der Waals surface area contributed by atoms with Crippen LogP contribution in [0.3, 0.4) is 0 Å². The van der Waals surface area contributed by atoms with Crippen molar-refractivity contribution in [3.63, 3.8) is 0 Å². The molecule has 9 nitrogen and oxygen atoms in total. The van der Waals surface area contributed by atoms with Crippen molar-refractivity contribution in [1.29, 1.82) is 0 Å². The monoisotopic (exact) mass is 581 g/mol. The summed E-state index contributed by atoms with van der Waals surface area (Å²) in [5.74, 6) is -0.0889. The van der Waals surface area contributed by atoms with Crippen molar-refractivity contribution in [2.24, 2.45) is 0 Å². The van der Waals surface area contributed by atoms with E-state index in [1.54, 1.807) is 24.3 Å². The molecule has 0 saturated carbocycles. The molecule has 2 amide bonds. The Balaban J connectivity index is 2.11. The van der Waals surface area contributed by atoms with Gasteiger partial charge in [-0.25, -0.2) is 8.42 Å². The minimum absolute atomic E-state index is 0.0338. The van der Waals surface area contributed by atoms with Crippen LogP contribution < -0.4 is 19.1 Å². The molecule has 0 saturated heterocycles. The number of anilines is 1. The number of amides is 2. The molecule has 0 aliphatic heterocycles. The van der Waals surface area contributed by atoms with E-state index >= 15 is 0 Å². The molecule has 0 bridgehead atoms. The lowest BCUT2D eigenvalue weighted by Crippen LogP contribution is -2.52. The molecule has 0 aliphatic rings. The van der Waals surface area contributed by atoms with Crippen LogP contribution >= 0.6 is 0 Å². The van der Waals surface area contributed by atoms with Gasteiger partial charge in [0.2, 0.25) is 11.8 Å². The third kappa shape index (κ3) is 7.58. The van der Waals surface area contributed by atoms with Crippen molar-refractivity contribution >= 4 is 27.5 Å². The molecular weight excluding hydrogens is 542 g/mol. The Morgan fingerprint density at radius 1 is 0.854 bits per heavy atom. The van der Waals surface area contributed by atoms with Crippen molar-refractivity contribution in [3.05, 3.63) is 83.4 Å². The van der Waals surface area contributed by atoms with Crippen LogP contribution in [0.1, 0.15) is 37.0 Å². The van der Waals surface area contributed by atoms with Gasteiger partial charge in [0.05, 0.1) is 24.8 Å². The summed E-state index contributed by atoms with van der Waals surface area (Å²) in [5, 5.41) is 2.81. The third-order valence-corrected chi connectivity index (χ3v) is 8.54. The van der Waals surface area contributed by atoms with Crippen molar-refractivity contribution in [2.75, 3.05) is 31.6 Å². The van der Waals surface area contributed by atoms with Gasteiger partial charge in [-0.2, -0.15) is 0 Å². The number of aryl methyl sites for hydroxylation is 2. The molecular formula is C31H39N3O6S. The van der Waals surface area contributed by atoms with E-state index in [4.69, 9.17) is 9.47 Å². The minimum Gasteiger partial charge on any atom is -0.493 e. The maximum Gasteiger partial charge on any atom is 0.264 e. The lowest BCUT2D eigenvalue weighted by atomic mass is 10.1. The summed E-state index contributed by atoms with van der Waals surface area (Å²) in [5.41, 5.74) is 3.00. The highest BCUT2D eigenvalue weighted by molar-refractivity contribution is 7.92. The number of hydrogen-bond acceptors (Lipinski definition) is 6. The maximum atomic E-state index is 14.1. The highest BCUT2D eigenvalue weighted by Crippen LogP contribution is 2.34. The number of nitrogens with zero attached hydrogens (tertiary/aromatic N) is 2. The second kappa shape index (κ2) is 14.0. The highest BCUT2D eigenvalue weighted by Gasteiger charge is 2.34. The number of sulfonamides is 1. The first-order valence-electron chi connectivity index (χ1n) is 13.5. The van der Waals surface area contributed by atoms with E-state index in [9.17, 15) is 18.0 Å². The van der Waals surface area contributed by atoms with Crippen LogP contribution in [0.2, 0.25) is 0 Å². The van der Waals surface area contributed by atoms with Gasteiger partial charge in [0.25, 0.3) is 10.0 Å². The smallest absolute Gasteiger partial charge is 0.264 e. The zero-order valence-corrected chi connectivity index (χ0v) is 25.3. The molecule has 0 radical (unpaired) electrons. The average molecular weight is 582 g/mol. The topological polar surface area (TPSA) is 105 Å². The lowest BCUT2D eigenvalue weighted by Gasteiger charge is -2.33. The number of carbonyl (C=O) groups excluding carboxylic acids is 2. The first-order valence-corrected chi connectivity index (χ1v) is 14.9.